The predicted octanol–water partition coefficient (Wildman–Crippen LogP) is 3.94. The number of aromatic nitrogens is 3. The van der Waals surface area contributed by atoms with Crippen LogP contribution in [0.15, 0.2) is 24.4 Å². The molecule has 3 N–H and O–H groups in total. The van der Waals surface area contributed by atoms with Crippen LogP contribution in [0.1, 0.15) is 22.3 Å². The number of anilines is 1. The first-order valence-corrected chi connectivity index (χ1v) is 10.4. The third kappa shape index (κ3) is 3.14. The van der Waals surface area contributed by atoms with Crippen LogP contribution in [0.5, 0.6) is 0 Å². The minimum Gasteiger partial charge on any atom is -0.355 e. The van der Waals surface area contributed by atoms with E-state index < -0.39 is 23.8 Å². The number of benzene rings is 2. The van der Waals surface area contributed by atoms with E-state index in [9.17, 15) is 14.0 Å². The van der Waals surface area contributed by atoms with Crippen LogP contribution in [0.2, 0.25) is 0 Å². The molecule has 5 rings (SSSR count). The Hall–Kier alpha value is -3.40. The monoisotopic (exact) mass is 441 g/mol. The molecule has 0 spiro atoms. The van der Waals surface area contributed by atoms with Crippen LogP contribution in [0, 0.1) is 18.7 Å². The molecule has 7 nitrogen and oxygen atoms in total. The van der Waals surface area contributed by atoms with Gasteiger partial charge in [0.2, 0.25) is 5.91 Å². The average molecular weight is 441 g/mol. The molecule has 0 unspecified atom stereocenters. The highest BCUT2D eigenvalue weighted by Gasteiger charge is 2.43. The van der Waals surface area contributed by atoms with Gasteiger partial charge < -0.3 is 10.6 Å². The summed E-state index contributed by atoms with van der Waals surface area (Å²) in [4.78, 5) is 28.6. The predicted molar refractivity (Wildman–Crippen MR) is 114 cm³/mol. The number of fused-ring (bicyclic) bond motifs is 2. The highest BCUT2D eigenvalue weighted by atomic mass is 32.1. The number of thiazole rings is 1. The van der Waals surface area contributed by atoms with Crippen molar-refractivity contribution in [1.82, 2.24) is 20.5 Å². The number of rotatable bonds is 4. The molecular weight excluding hydrogens is 424 g/mol. The van der Waals surface area contributed by atoms with Crippen molar-refractivity contribution >= 4 is 49.4 Å². The summed E-state index contributed by atoms with van der Waals surface area (Å²) in [5.41, 5.74) is 2.58. The van der Waals surface area contributed by atoms with Crippen LogP contribution in [-0.4, -0.2) is 40.2 Å². The van der Waals surface area contributed by atoms with Gasteiger partial charge in [-0.2, -0.15) is 5.10 Å². The van der Waals surface area contributed by atoms with Gasteiger partial charge in [-0.25, -0.2) is 13.8 Å². The van der Waals surface area contributed by atoms with Crippen LogP contribution in [0.3, 0.4) is 0 Å². The number of carbonyl (C=O) groups is 2. The van der Waals surface area contributed by atoms with Crippen LogP contribution < -0.4 is 10.6 Å². The molecule has 1 saturated carbocycles. The fourth-order valence-electron chi connectivity index (χ4n) is 3.75. The van der Waals surface area contributed by atoms with Gasteiger partial charge in [0.25, 0.3) is 5.91 Å². The van der Waals surface area contributed by atoms with Gasteiger partial charge >= 0.3 is 0 Å². The second-order valence-corrected chi connectivity index (χ2v) is 8.51. The fourth-order valence-corrected chi connectivity index (χ4v) is 4.66. The maximum atomic E-state index is 15.2. The topological polar surface area (TPSA) is 99.8 Å². The van der Waals surface area contributed by atoms with Gasteiger partial charge in [0, 0.05) is 12.4 Å². The van der Waals surface area contributed by atoms with E-state index in [2.05, 4.69) is 25.8 Å². The van der Waals surface area contributed by atoms with Crippen LogP contribution in [0.4, 0.5) is 13.9 Å². The summed E-state index contributed by atoms with van der Waals surface area (Å²) in [6.07, 6.45) is 0.738. The van der Waals surface area contributed by atoms with E-state index >= 15 is 4.39 Å². The van der Waals surface area contributed by atoms with Crippen molar-refractivity contribution in [3.05, 3.63) is 41.3 Å². The molecule has 4 aromatic rings. The highest BCUT2D eigenvalue weighted by molar-refractivity contribution is 7.22. The Morgan fingerprint density at radius 3 is 2.81 bits per heavy atom. The third-order valence-electron chi connectivity index (χ3n) is 5.49. The average Bonchev–Trinajstić information content (AvgIpc) is 3.12. The molecule has 0 saturated heterocycles. The first-order chi connectivity index (χ1) is 14.9. The minimum atomic E-state index is -1.08. The van der Waals surface area contributed by atoms with Crippen molar-refractivity contribution in [2.75, 3.05) is 12.4 Å². The van der Waals surface area contributed by atoms with E-state index in [1.165, 1.54) is 18.4 Å². The van der Waals surface area contributed by atoms with E-state index in [0.717, 1.165) is 10.3 Å². The summed E-state index contributed by atoms with van der Waals surface area (Å²) in [6.45, 7) is 1.62. The normalized spacial score (nSPS) is 17.8. The number of nitrogens with one attached hydrogen (secondary N) is 3. The van der Waals surface area contributed by atoms with Crippen molar-refractivity contribution in [2.45, 2.75) is 19.5 Å². The summed E-state index contributed by atoms with van der Waals surface area (Å²) in [5.74, 6) is -2.12. The Balaban J connectivity index is 1.59. The summed E-state index contributed by atoms with van der Waals surface area (Å²) >= 11 is 1.26. The van der Waals surface area contributed by atoms with Crippen molar-refractivity contribution < 1.29 is 18.4 Å². The lowest BCUT2D eigenvalue weighted by Crippen LogP contribution is -2.20. The maximum absolute atomic E-state index is 15.2. The van der Waals surface area contributed by atoms with Crippen molar-refractivity contribution in [3.8, 4) is 11.1 Å². The van der Waals surface area contributed by atoms with Crippen LogP contribution >= 0.6 is 11.3 Å². The maximum Gasteiger partial charge on any atom is 0.256 e. The van der Waals surface area contributed by atoms with E-state index in [1.54, 1.807) is 25.3 Å². The highest BCUT2D eigenvalue weighted by Crippen LogP contribution is 2.39. The van der Waals surface area contributed by atoms with Crippen molar-refractivity contribution in [2.24, 2.45) is 5.92 Å². The second-order valence-electron chi connectivity index (χ2n) is 7.48. The molecule has 1 fully saturated rings. The molecule has 0 bridgehead atoms. The molecule has 2 heterocycles. The van der Waals surface area contributed by atoms with Gasteiger partial charge in [0.05, 0.1) is 27.8 Å². The second kappa shape index (κ2) is 7.09. The van der Waals surface area contributed by atoms with Crippen molar-refractivity contribution in [3.63, 3.8) is 0 Å². The molecular formula is C21H17F2N5O2S. The van der Waals surface area contributed by atoms with Crippen LogP contribution in [-0.2, 0) is 4.79 Å². The number of hydrogen-bond acceptors (Lipinski definition) is 5. The molecule has 1 aliphatic carbocycles. The first kappa shape index (κ1) is 19.6. The van der Waals surface area contributed by atoms with Gasteiger partial charge in [-0.15, -0.1) is 0 Å². The zero-order valence-electron chi connectivity index (χ0n) is 16.5. The Morgan fingerprint density at radius 2 is 2.10 bits per heavy atom. The molecule has 1 aliphatic rings. The fraction of sp³-hybridized carbons (Fsp3) is 0.238. The summed E-state index contributed by atoms with van der Waals surface area (Å²) < 4.78 is 29.1. The lowest BCUT2D eigenvalue weighted by molar-refractivity contribution is -0.117. The summed E-state index contributed by atoms with van der Waals surface area (Å²) in [6, 6.07) is 5.44. The first-order valence-electron chi connectivity index (χ1n) is 9.62. The Bertz CT molecular complexity index is 1380. The van der Waals surface area contributed by atoms with E-state index in [-0.39, 0.29) is 17.9 Å². The SMILES string of the molecule is CNC(=O)c1c(F)c(C)c(-c2ccc3nc(NC(=O)[C@@H]4C[C@@H]4F)sc3c2)c2cn[nH]c12. The Morgan fingerprint density at radius 1 is 1.32 bits per heavy atom. The van der Waals surface area contributed by atoms with Gasteiger partial charge in [-0.3, -0.25) is 14.7 Å². The zero-order valence-corrected chi connectivity index (χ0v) is 17.4. The lowest BCUT2D eigenvalue weighted by atomic mass is 9.93. The molecule has 2 aromatic carbocycles. The number of nitrogens with zero attached hydrogens (tertiary/aromatic N) is 2. The minimum absolute atomic E-state index is 0.0774. The van der Waals surface area contributed by atoms with Crippen LogP contribution in [0.25, 0.3) is 32.2 Å². The van der Waals surface area contributed by atoms with E-state index in [4.69, 9.17) is 0 Å². The molecule has 2 atom stereocenters. The number of H-pyrrole nitrogens is 1. The number of carbonyl (C=O) groups excluding carboxylic acids is 2. The number of amides is 2. The van der Waals surface area contributed by atoms with Gasteiger partial charge in [0.1, 0.15) is 17.6 Å². The summed E-state index contributed by atoms with van der Waals surface area (Å²) in [7, 11) is 1.44. The van der Waals surface area contributed by atoms with Gasteiger partial charge in [-0.1, -0.05) is 17.4 Å². The molecule has 2 amide bonds. The Labute approximate surface area is 178 Å². The molecule has 31 heavy (non-hydrogen) atoms. The molecule has 0 aliphatic heterocycles. The number of aromatic amines is 1. The smallest absolute Gasteiger partial charge is 0.256 e. The lowest BCUT2D eigenvalue weighted by Gasteiger charge is -2.13. The van der Waals surface area contributed by atoms with E-state index in [1.807, 2.05) is 6.07 Å². The number of alkyl halides is 1. The Kier molecular flexibility index (Phi) is 4.47. The summed E-state index contributed by atoms with van der Waals surface area (Å²) in [5, 5.41) is 12.9. The number of hydrogen-bond donors (Lipinski definition) is 3. The number of halogens is 2. The van der Waals surface area contributed by atoms with Gasteiger partial charge in [0.15, 0.2) is 5.13 Å². The van der Waals surface area contributed by atoms with Crippen molar-refractivity contribution in [1.29, 1.82) is 0 Å². The largest absolute Gasteiger partial charge is 0.355 e. The van der Waals surface area contributed by atoms with E-state index in [0.29, 0.717) is 32.7 Å². The molecule has 158 valence electrons. The molecule has 2 aromatic heterocycles. The standard InChI is InChI=1S/C21H17F2N5O2S/c1-8-15(11-7-25-28-18(11)16(17(8)23)20(30)24-2)9-3-4-13-14(5-9)31-21(26-13)27-19(29)10-6-12(10)22/h3-5,7,10,12H,6H2,1-2H3,(H,24,30)(H,25,28)(H,26,27,29)/t10-,12+/m1/s1. The zero-order chi connectivity index (χ0) is 21.9. The molecule has 0 radical (unpaired) electrons. The van der Waals surface area contributed by atoms with Gasteiger partial charge in [-0.05, 0) is 42.2 Å². The quantitative estimate of drug-likeness (QED) is 0.447. The third-order valence-corrected chi connectivity index (χ3v) is 6.43. The molecule has 10 heteroatoms.